The molecule has 0 spiro atoms. The van der Waals surface area contributed by atoms with Crippen LogP contribution in [0.2, 0.25) is 0 Å². The number of halogens is 1. The summed E-state index contributed by atoms with van der Waals surface area (Å²) < 4.78 is 39.6. The van der Waals surface area contributed by atoms with E-state index in [0.29, 0.717) is 26.2 Å². The lowest BCUT2D eigenvalue weighted by atomic mass is 10.1. The summed E-state index contributed by atoms with van der Waals surface area (Å²) in [4.78, 5) is 13.4. The van der Waals surface area contributed by atoms with Gasteiger partial charge in [0.2, 0.25) is 10.0 Å². The van der Waals surface area contributed by atoms with Crippen LogP contribution in [0, 0.1) is 5.82 Å². The number of nitrogens with one attached hydrogen (secondary N) is 2. The molecule has 1 aliphatic heterocycles. The van der Waals surface area contributed by atoms with Crippen molar-refractivity contribution in [2.75, 3.05) is 26.2 Å². The smallest absolute Gasteiger partial charge is 0.278 e. The number of carbonyl (C=O) groups excluding carboxylic acids is 1. The van der Waals surface area contributed by atoms with Gasteiger partial charge in [-0.15, -0.1) is 0 Å². The molecule has 1 saturated heterocycles. The van der Waals surface area contributed by atoms with Gasteiger partial charge in [0.05, 0.1) is 31.1 Å². The standard InChI is InChI=1S/C17H26FN3O3S/c1-13(16(22)19-17(2,3)4)20-9-11-21(12-10-20)25(23,24)15-7-5-14(18)6-8-15/h5-8,13H,9-12H2,1-4H3,(H,19,22)/p+1/t13-/m0/s1. The third-order valence-corrected chi connectivity index (χ3v) is 6.23. The van der Waals surface area contributed by atoms with Crippen LogP contribution in [0.5, 0.6) is 0 Å². The molecule has 25 heavy (non-hydrogen) atoms. The molecule has 1 fully saturated rings. The molecule has 0 bridgehead atoms. The second-order valence-corrected chi connectivity index (χ2v) is 9.42. The van der Waals surface area contributed by atoms with Gasteiger partial charge in [0, 0.05) is 5.54 Å². The first-order valence-corrected chi connectivity index (χ1v) is 9.87. The Labute approximate surface area is 149 Å². The maximum atomic E-state index is 13.0. The van der Waals surface area contributed by atoms with Crippen LogP contribution in [-0.2, 0) is 14.8 Å². The number of piperazine rings is 1. The molecule has 1 aromatic rings. The number of rotatable bonds is 4. The van der Waals surface area contributed by atoms with Gasteiger partial charge in [-0.05, 0) is 52.0 Å². The van der Waals surface area contributed by atoms with E-state index in [9.17, 15) is 17.6 Å². The number of carbonyl (C=O) groups is 1. The van der Waals surface area contributed by atoms with Gasteiger partial charge in [0.15, 0.2) is 6.04 Å². The van der Waals surface area contributed by atoms with Crippen LogP contribution in [-0.4, -0.2) is 56.4 Å². The van der Waals surface area contributed by atoms with Gasteiger partial charge in [-0.25, -0.2) is 12.8 Å². The van der Waals surface area contributed by atoms with Crippen LogP contribution in [0.3, 0.4) is 0 Å². The third-order valence-electron chi connectivity index (χ3n) is 4.32. The van der Waals surface area contributed by atoms with Gasteiger partial charge in [-0.3, -0.25) is 4.79 Å². The van der Waals surface area contributed by atoms with Crippen molar-refractivity contribution < 1.29 is 22.5 Å². The molecule has 6 nitrogen and oxygen atoms in total. The number of quaternary nitrogens is 1. The van der Waals surface area contributed by atoms with Crippen LogP contribution in [0.25, 0.3) is 0 Å². The molecule has 0 saturated carbocycles. The van der Waals surface area contributed by atoms with E-state index in [1.54, 1.807) is 0 Å². The van der Waals surface area contributed by atoms with Crippen molar-refractivity contribution in [1.82, 2.24) is 9.62 Å². The molecule has 8 heteroatoms. The van der Waals surface area contributed by atoms with Crippen molar-refractivity contribution in [3.8, 4) is 0 Å². The van der Waals surface area contributed by atoms with Crippen molar-refractivity contribution in [2.24, 2.45) is 0 Å². The minimum absolute atomic E-state index is 0.0302. The highest BCUT2D eigenvalue weighted by Crippen LogP contribution is 2.16. The molecular weight excluding hydrogens is 345 g/mol. The molecule has 0 unspecified atom stereocenters. The Balaban J connectivity index is 1.99. The van der Waals surface area contributed by atoms with E-state index in [1.165, 1.54) is 16.4 Å². The van der Waals surface area contributed by atoms with Crippen molar-refractivity contribution in [1.29, 1.82) is 0 Å². The van der Waals surface area contributed by atoms with Gasteiger partial charge in [0.25, 0.3) is 5.91 Å². The Kier molecular flexibility index (Phi) is 5.86. The molecule has 1 atom stereocenters. The van der Waals surface area contributed by atoms with Gasteiger partial charge < -0.3 is 10.2 Å². The first-order chi connectivity index (χ1) is 11.5. The number of hydrogen-bond acceptors (Lipinski definition) is 3. The van der Waals surface area contributed by atoms with E-state index in [2.05, 4.69) is 5.32 Å². The molecule has 1 aliphatic rings. The first-order valence-electron chi connectivity index (χ1n) is 8.43. The zero-order chi connectivity index (χ0) is 18.8. The highest BCUT2D eigenvalue weighted by atomic mass is 32.2. The topological polar surface area (TPSA) is 70.9 Å². The summed E-state index contributed by atoms with van der Waals surface area (Å²) >= 11 is 0. The maximum absolute atomic E-state index is 13.0. The largest absolute Gasteiger partial charge is 0.346 e. The predicted molar refractivity (Wildman–Crippen MR) is 93.2 cm³/mol. The fourth-order valence-corrected chi connectivity index (χ4v) is 4.31. The lowest BCUT2D eigenvalue weighted by molar-refractivity contribution is -0.917. The average molecular weight is 372 g/mol. The summed E-state index contributed by atoms with van der Waals surface area (Å²) in [6.45, 7) is 9.43. The zero-order valence-electron chi connectivity index (χ0n) is 15.2. The first kappa shape index (κ1) is 19.8. The molecular formula is C17H27FN3O3S+. The lowest BCUT2D eigenvalue weighted by Gasteiger charge is -2.35. The fourth-order valence-electron chi connectivity index (χ4n) is 2.87. The zero-order valence-corrected chi connectivity index (χ0v) is 16.0. The summed E-state index contributed by atoms with van der Waals surface area (Å²) in [7, 11) is -3.62. The summed E-state index contributed by atoms with van der Waals surface area (Å²) in [6.07, 6.45) is 0. The summed E-state index contributed by atoms with van der Waals surface area (Å²) in [6, 6.07) is 4.61. The van der Waals surface area contributed by atoms with E-state index in [0.717, 1.165) is 17.0 Å². The Morgan fingerprint density at radius 1 is 1.20 bits per heavy atom. The van der Waals surface area contributed by atoms with Gasteiger partial charge in [-0.2, -0.15) is 4.31 Å². The molecule has 0 aromatic heterocycles. The molecule has 0 aliphatic carbocycles. The van der Waals surface area contributed by atoms with E-state index in [-0.39, 0.29) is 22.4 Å². The number of amides is 1. The Bertz CT molecular complexity index is 706. The molecule has 0 radical (unpaired) electrons. The van der Waals surface area contributed by atoms with Crippen molar-refractivity contribution in [2.45, 2.75) is 44.2 Å². The Hall–Kier alpha value is -1.51. The number of nitrogens with zero attached hydrogens (tertiary/aromatic N) is 1. The van der Waals surface area contributed by atoms with E-state index in [1.807, 2.05) is 27.7 Å². The third kappa shape index (κ3) is 4.99. The average Bonchev–Trinajstić information content (AvgIpc) is 2.53. The van der Waals surface area contributed by atoms with Gasteiger partial charge in [0.1, 0.15) is 5.82 Å². The molecule has 1 amide bonds. The minimum Gasteiger partial charge on any atom is -0.346 e. The SMILES string of the molecule is C[C@@H](C(=O)NC(C)(C)C)[NH+]1CCN(S(=O)(=O)c2ccc(F)cc2)CC1. The molecule has 2 N–H and O–H groups in total. The van der Waals surface area contributed by atoms with Crippen LogP contribution in [0.15, 0.2) is 29.2 Å². The number of benzene rings is 1. The number of hydrogen-bond donors (Lipinski definition) is 2. The monoisotopic (exact) mass is 372 g/mol. The van der Waals surface area contributed by atoms with E-state index in [4.69, 9.17) is 0 Å². The van der Waals surface area contributed by atoms with E-state index >= 15 is 0 Å². The van der Waals surface area contributed by atoms with Gasteiger partial charge >= 0.3 is 0 Å². The Morgan fingerprint density at radius 3 is 2.20 bits per heavy atom. The fraction of sp³-hybridized carbons (Fsp3) is 0.588. The molecule has 140 valence electrons. The number of sulfonamides is 1. The summed E-state index contributed by atoms with van der Waals surface area (Å²) in [5, 5.41) is 2.96. The summed E-state index contributed by atoms with van der Waals surface area (Å²) in [5.41, 5.74) is -0.293. The normalized spacial score (nSPS) is 18.8. The second-order valence-electron chi connectivity index (χ2n) is 7.48. The van der Waals surface area contributed by atoms with Crippen molar-refractivity contribution >= 4 is 15.9 Å². The van der Waals surface area contributed by atoms with Crippen molar-refractivity contribution in [3.63, 3.8) is 0 Å². The molecule has 2 rings (SSSR count). The van der Waals surface area contributed by atoms with Gasteiger partial charge in [-0.1, -0.05) is 0 Å². The molecule has 1 aromatic carbocycles. The highest BCUT2D eigenvalue weighted by Gasteiger charge is 2.35. The highest BCUT2D eigenvalue weighted by molar-refractivity contribution is 7.89. The van der Waals surface area contributed by atoms with E-state index < -0.39 is 15.8 Å². The lowest BCUT2D eigenvalue weighted by Crippen LogP contribution is -3.19. The van der Waals surface area contributed by atoms with Crippen molar-refractivity contribution in [3.05, 3.63) is 30.1 Å². The summed E-state index contributed by atoms with van der Waals surface area (Å²) in [5.74, 6) is -0.496. The second kappa shape index (κ2) is 7.39. The predicted octanol–water partition coefficient (Wildman–Crippen LogP) is 0.0181. The Morgan fingerprint density at radius 2 is 1.72 bits per heavy atom. The van der Waals surface area contributed by atoms with Crippen LogP contribution < -0.4 is 10.2 Å². The molecule has 1 heterocycles. The van der Waals surface area contributed by atoms with Crippen LogP contribution >= 0.6 is 0 Å². The maximum Gasteiger partial charge on any atom is 0.278 e. The van der Waals surface area contributed by atoms with Crippen LogP contribution in [0.1, 0.15) is 27.7 Å². The van der Waals surface area contributed by atoms with Crippen LogP contribution in [0.4, 0.5) is 4.39 Å². The quantitative estimate of drug-likeness (QED) is 0.783. The minimum atomic E-state index is -3.62.